The Hall–Kier alpha value is -2.75. The minimum atomic E-state index is -1.00. The van der Waals surface area contributed by atoms with Crippen LogP contribution < -0.4 is 10.9 Å². The molecule has 10 heteroatoms. The highest BCUT2D eigenvalue weighted by molar-refractivity contribution is 7.20. The van der Waals surface area contributed by atoms with Crippen LogP contribution in [0.2, 0.25) is 0 Å². The Morgan fingerprint density at radius 2 is 1.93 bits per heavy atom. The normalized spacial score (nSPS) is 12.1. The minimum Gasteiger partial charge on any atom is -0.465 e. The second-order valence-electron chi connectivity index (χ2n) is 6.68. The third-order valence-corrected chi connectivity index (χ3v) is 4.94. The van der Waals surface area contributed by atoms with E-state index in [1.54, 1.807) is 6.92 Å². The highest BCUT2D eigenvalue weighted by Crippen LogP contribution is 2.29. The molecule has 0 fully saturated rings. The third-order valence-electron chi connectivity index (χ3n) is 3.83. The molecular weight excluding hydrogens is 386 g/mol. The predicted molar refractivity (Wildman–Crippen MR) is 103 cm³/mol. The molecule has 0 radical (unpaired) electrons. The van der Waals surface area contributed by atoms with Crippen LogP contribution in [0.5, 0.6) is 0 Å². The van der Waals surface area contributed by atoms with Gasteiger partial charge in [0.25, 0.3) is 11.5 Å². The molecule has 0 aromatic carbocycles. The molecule has 2 rings (SSSR count). The molecule has 1 amide bonds. The first-order chi connectivity index (χ1) is 13.1. The van der Waals surface area contributed by atoms with E-state index < -0.39 is 29.5 Å². The number of hydrogen-bond donors (Lipinski definition) is 2. The van der Waals surface area contributed by atoms with Crippen LogP contribution in [0.3, 0.4) is 0 Å². The molecule has 0 aliphatic heterocycles. The molecule has 2 heterocycles. The van der Waals surface area contributed by atoms with Crippen molar-refractivity contribution in [2.75, 3.05) is 13.7 Å². The van der Waals surface area contributed by atoms with E-state index in [0.29, 0.717) is 17.2 Å². The lowest BCUT2D eigenvalue weighted by molar-refractivity contribution is -0.154. The number of nitrogens with zero attached hydrogens (tertiary/aromatic N) is 1. The molecule has 2 aromatic heterocycles. The Kier molecular flexibility index (Phi) is 6.90. The Morgan fingerprint density at radius 3 is 2.54 bits per heavy atom. The summed E-state index contributed by atoms with van der Waals surface area (Å²) in [5.41, 5.74) is -0.278. The lowest BCUT2D eigenvalue weighted by Crippen LogP contribution is -2.37. The van der Waals surface area contributed by atoms with Gasteiger partial charge in [-0.25, -0.2) is 9.78 Å². The van der Waals surface area contributed by atoms with Gasteiger partial charge in [-0.05, 0) is 19.8 Å². The maximum absolute atomic E-state index is 12.4. The molecule has 0 saturated heterocycles. The smallest absolute Gasteiger partial charge is 0.348 e. The summed E-state index contributed by atoms with van der Waals surface area (Å²) in [6, 6.07) is 0. The zero-order valence-electron chi connectivity index (χ0n) is 16.4. The molecule has 0 bridgehead atoms. The number of hydrogen-bond acceptors (Lipinski definition) is 8. The summed E-state index contributed by atoms with van der Waals surface area (Å²) in [4.78, 5) is 56.0. The summed E-state index contributed by atoms with van der Waals surface area (Å²) in [5.74, 6) is -1.18. The van der Waals surface area contributed by atoms with Crippen LogP contribution in [-0.2, 0) is 25.5 Å². The SMILES string of the molecule is COC(=O)c1sc2nc(C)[nH]c(=O)c2c1CC(=O)O[C@H](C)C(=O)NCC(C)C. The van der Waals surface area contributed by atoms with Crippen LogP contribution >= 0.6 is 11.3 Å². The fraction of sp³-hybridized carbons (Fsp3) is 0.500. The molecule has 2 aromatic rings. The number of aromatic amines is 1. The zero-order valence-corrected chi connectivity index (χ0v) is 17.2. The van der Waals surface area contributed by atoms with Crippen LogP contribution in [0.25, 0.3) is 10.2 Å². The van der Waals surface area contributed by atoms with Crippen molar-refractivity contribution in [3.05, 3.63) is 26.6 Å². The number of carbonyl (C=O) groups is 3. The molecular formula is C18H23N3O6S. The largest absolute Gasteiger partial charge is 0.465 e. The summed E-state index contributed by atoms with van der Waals surface area (Å²) in [7, 11) is 1.21. The molecule has 0 aliphatic carbocycles. The van der Waals surface area contributed by atoms with Gasteiger partial charge in [-0.3, -0.25) is 14.4 Å². The highest BCUT2D eigenvalue weighted by atomic mass is 32.1. The lowest BCUT2D eigenvalue weighted by Gasteiger charge is -2.14. The molecule has 0 saturated carbocycles. The van der Waals surface area contributed by atoms with Crippen molar-refractivity contribution in [1.29, 1.82) is 0 Å². The van der Waals surface area contributed by atoms with Crippen molar-refractivity contribution in [3.8, 4) is 0 Å². The summed E-state index contributed by atoms with van der Waals surface area (Å²) in [6.45, 7) is 7.42. The zero-order chi connectivity index (χ0) is 21.0. The summed E-state index contributed by atoms with van der Waals surface area (Å²) >= 11 is 0.971. The average Bonchev–Trinajstić information content (AvgIpc) is 2.96. The maximum Gasteiger partial charge on any atom is 0.348 e. The van der Waals surface area contributed by atoms with Crippen LogP contribution in [0, 0.1) is 12.8 Å². The van der Waals surface area contributed by atoms with Gasteiger partial charge in [0.2, 0.25) is 0 Å². The number of carbonyl (C=O) groups excluding carboxylic acids is 3. The number of ether oxygens (including phenoxy) is 2. The van der Waals surface area contributed by atoms with Gasteiger partial charge in [-0.15, -0.1) is 11.3 Å². The highest BCUT2D eigenvalue weighted by Gasteiger charge is 2.26. The fourth-order valence-electron chi connectivity index (χ4n) is 2.48. The molecule has 0 spiro atoms. The standard InChI is InChI=1S/C18H23N3O6S/c1-8(2)7-19-15(23)9(3)27-12(22)6-11-13-16(24)20-10(4)21-17(13)28-14(11)18(25)26-5/h8-9H,6-7H2,1-5H3,(H,19,23)(H,20,21,24)/t9-/m1/s1. The minimum absolute atomic E-state index is 0.106. The number of rotatable bonds is 7. The molecule has 28 heavy (non-hydrogen) atoms. The number of amides is 1. The first-order valence-corrected chi connectivity index (χ1v) is 9.53. The molecule has 1 atom stereocenters. The Bertz CT molecular complexity index is 962. The first kappa shape index (κ1) is 21.5. The van der Waals surface area contributed by atoms with Gasteiger partial charge in [0.1, 0.15) is 15.5 Å². The molecule has 0 aliphatic rings. The van der Waals surface area contributed by atoms with Crippen molar-refractivity contribution in [1.82, 2.24) is 15.3 Å². The summed E-state index contributed by atoms with van der Waals surface area (Å²) < 4.78 is 9.91. The summed E-state index contributed by atoms with van der Waals surface area (Å²) in [5, 5.41) is 2.82. The van der Waals surface area contributed by atoms with Crippen molar-refractivity contribution >= 4 is 39.4 Å². The fourth-order valence-corrected chi connectivity index (χ4v) is 3.64. The number of esters is 2. The van der Waals surface area contributed by atoms with Gasteiger partial charge in [0.05, 0.1) is 18.9 Å². The van der Waals surface area contributed by atoms with Gasteiger partial charge < -0.3 is 19.8 Å². The van der Waals surface area contributed by atoms with E-state index >= 15 is 0 Å². The van der Waals surface area contributed by atoms with E-state index in [1.165, 1.54) is 14.0 Å². The van der Waals surface area contributed by atoms with Gasteiger partial charge in [-0.1, -0.05) is 13.8 Å². The van der Waals surface area contributed by atoms with Crippen molar-refractivity contribution in [2.45, 2.75) is 40.2 Å². The lowest BCUT2D eigenvalue weighted by atomic mass is 10.1. The van der Waals surface area contributed by atoms with Crippen molar-refractivity contribution in [2.24, 2.45) is 5.92 Å². The Morgan fingerprint density at radius 1 is 1.25 bits per heavy atom. The number of nitrogens with one attached hydrogen (secondary N) is 2. The van der Waals surface area contributed by atoms with Gasteiger partial charge in [0.15, 0.2) is 6.10 Å². The molecule has 9 nitrogen and oxygen atoms in total. The number of H-pyrrole nitrogens is 1. The van der Waals surface area contributed by atoms with Crippen molar-refractivity contribution < 1.29 is 23.9 Å². The van der Waals surface area contributed by atoms with Crippen molar-refractivity contribution in [3.63, 3.8) is 0 Å². The topological polar surface area (TPSA) is 127 Å². The van der Waals surface area contributed by atoms with Crippen LogP contribution in [0.15, 0.2) is 4.79 Å². The number of thiophene rings is 1. The Balaban J connectivity index is 2.27. The van der Waals surface area contributed by atoms with Gasteiger partial charge >= 0.3 is 11.9 Å². The maximum atomic E-state index is 12.4. The molecule has 152 valence electrons. The number of aromatic nitrogens is 2. The van der Waals surface area contributed by atoms with Crippen LogP contribution in [-0.4, -0.2) is 47.6 Å². The van der Waals surface area contributed by atoms with E-state index in [9.17, 15) is 19.2 Å². The second-order valence-corrected chi connectivity index (χ2v) is 7.68. The van der Waals surface area contributed by atoms with Crippen LogP contribution in [0.4, 0.5) is 0 Å². The van der Waals surface area contributed by atoms with E-state index in [1.807, 2.05) is 13.8 Å². The predicted octanol–water partition coefficient (Wildman–Crippen LogP) is 1.33. The average molecular weight is 409 g/mol. The number of fused-ring (bicyclic) bond motifs is 1. The number of aryl methyl sites for hydroxylation is 1. The van der Waals surface area contributed by atoms with E-state index in [2.05, 4.69) is 15.3 Å². The van der Waals surface area contributed by atoms with Gasteiger partial charge in [0, 0.05) is 12.1 Å². The molecule has 2 N–H and O–H groups in total. The van der Waals surface area contributed by atoms with Crippen LogP contribution in [0.1, 0.15) is 41.8 Å². The van der Waals surface area contributed by atoms with E-state index in [0.717, 1.165) is 11.3 Å². The van der Waals surface area contributed by atoms with E-state index in [4.69, 9.17) is 9.47 Å². The second kappa shape index (κ2) is 8.96. The quantitative estimate of drug-likeness (QED) is 0.660. The third kappa shape index (κ3) is 4.94. The Labute approximate surface area is 165 Å². The first-order valence-electron chi connectivity index (χ1n) is 8.71. The summed E-state index contributed by atoms with van der Waals surface area (Å²) in [6.07, 6.45) is -1.36. The monoisotopic (exact) mass is 409 g/mol. The van der Waals surface area contributed by atoms with E-state index in [-0.39, 0.29) is 28.2 Å². The number of methoxy groups -OCH3 is 1. The molecule has 0 unspecified atom stereocenters. The van der Waals surface area contributed by atoms with Gasteiger partial charge in [-0.2, -0.15) is 0 Å².